The molecular weight excluding hydrogens is 350 g/mol. The number of nitro groups is 1. The molecule has 1 heterocycles. The molecular formula is C19H19N3O5. The molecule has 27 heavy (non-hydrogen) atoms. The Hall–Kier alpha value is -3.42. The minimum Gasteiger partial charge on any atom is -0.490 e. The van der Waals surface area contributed by atoms with Gasteiger partial charge in [-0.1, -0.05) is 12.1 Å². The molecule has 0 saturated heterocycles. The normalized spacial score (nSPS) is 15.4. The van der Waals surface area contributed by atoms with Gasteiger partial charge in [0.25, 0.3) is 11.6 Å². The van der Waals surface area contributed by atoms with Gasteiger partial charge in [0, 0.05) is 24.9 Å². The van der Waals surface area contributed by atoms with Gasteiger partial charge in [-0.3, -0.25) is 19.7 Å². The molecule has 0 fully saturated rings. The molecule has 1 aliphatic rings. The highest BCUT2D eigenvalue weighted by atomic mass is 16.6. The molecule has 0 aliphatic carbocycles. The topological polar surface area (TPSA) is 102 Å². The van der Waals surface area contributed by atoms with Gasteiger partial charge in [-0.2, -0.15) is 0 Å². The van der Waals surface area contributed by atoms with E-state index in [0.717, 1.165) is 0 Å². The van der Waals surface area contributed by atoms with Crippen LogP contribution in [0.3, 0.4) is 0 Å². The van der Waals surface area contributed by atoms with Gasteiger partial charge in [-0.25, -0.2) is 0 Å². The van der Waals surface area contributed by atoms with Gasteiger partial charge in [0.2, 0.25) is 5.91 Å². The molecule has 1 N–H and O–H groups in total. The monoisotopic (exact) mass is 369 g/mol. The van der Waals surface area contributed by atoms with Crippen LogP contribution in [-0.2, 0) is 4.79 Å². The predicted octanol–water partition coefficient (Wildman–Crippen LogP) is 3.23. The van der Waals surface area contributed by atoms with Crippen molar-refractivity contribution >= 4 is 28.9 Å². The number of nitro benzene ring substituents is 1. The number of rotatable bonds is 3. The lowest BCUT2D eigenvalue weighted by molar-refractivity contribution is -0.385. The van der Waals surface area contributed by atoms with Crippen molar-refractivity contribution in [1.82, 2.24) is 0 Å². The van der Waals surface area contributed by atoms with Crippen molar-refractivity contribution in [2.45, 2.75) is 13.8 Å². The summed E-state index contributed by atoms with van der Waals surface area (Å²) in [6, 6.07) is 10.6. The summed E-state index contributed by atoms with van der Waals surface area (Å²) < 4.78 is 5.77. The van der Waals surface area contributed by atoms with Crippen molar-refractivity contribution in [3.05, 3.63) is 58.1 Å². The average Bonchev–Trinajstić information content (AvgIpc) is 2.72. The largest absolute Gasteiger partial charge is 0.490 e. The number of para-hydroxylation sites is 1. The number of hydrogen-bond donors (Lipinski definition) is 1. The van der Waals surface area contributed by atoms with Gasteiger partial charge in [-0.15, -0.1) is 0 Å². The Labute approximate surface area is 155 Å². The molecule has 8 nitrogen and oxygen atoms in total. The van der Waals surface area contributed by atoms with Crippen LogP contribution in [0.5, 0.6) is 5.75 Å². The molecule has 2 aromatic carbocycles. The van der Waals surface area contributed by atoms with Crippen molar-refractivity contribution in [2.24, 2.45) is 5.41 Å². The number of fused-ring (bicyclic) bond motifs is 1. The second-order valence-electron chi connectivity index (χ2n) is 6.95. The van der Waals surface area contributed by atoms with Gasteiger partial charge in [0.1, 0.15) is 17.9 Å². The van der Waals surface area contributed by atoms with Gasteiger partial charge < -0.3 is 15.0 Å². The van der Waals surface area contributed by atoms with Crippen molar-refractivity contribution in [3.8, 4) is 5.75 Å². The molecule has 0 unspecified atom stereocenters. The molecule has 8 heteroatoms. The summed E-state index contributed by atoms with van der Waals surface area (Å²) in [5.74, 6) is -0.213. The molecule has 0 radical (unpaired) electrons. The summed E-state index contributed by atoms with van der Waals surface area (Å²) in [7, 11) is 1.67. The van der Waals surface area contributed by atoms with E-state index in [9.17, 15) is 19.7 Å². The summed E-state index contributed by atoms with van der Waals surface area (Å²) in [6.45, 7) is 3.80. The molecule has 0 bridgehead atoms. The third-order valence-corrected chi connectivity index (χ3v) is 4.40. The van der Waals surface area contributed by atoms with Crippen molar-refractivity contribution in [3.63, 3.8) is 0 Å². The minimum atomic E-state index is -0.679. The molecule has 0 aromatic heterocycles. The Morgan fingerprint density at radius 3 is 2.67 bits per heavy atom. The summed E-state index contributed by atoms with van der Waals surface area (Å²) in [4.78, 5) is 37.0. The van der Waals surface area contributed by atoms with Crippen LogP contribution in [0.1, 0.15) is 24.2 Å². The Bertz CT molecular complexity index is 939. The Morgan fingerprint density at radius 2 is 1.96 bits per heavy atom. The van der Waals surface area contributed by atoms with Crippen molar-refractivity contribution < 1.29 is 19.2 Å². The van der Waals surface area contributed by atoms with Gasteiger partial charge in [0.05, 0.1) is 16.0 Å². The van der Waals surface area contributed by atoms with E-state index in [1.54, 1.807) is 45.2 Å². The molecule has 0 atom stereocenters. The smallest absolute Gasteiger partial charge is 0.282 e. The quantitative estimate of drug-likeness (QED) is 0.661. The fourth-order valence-corrected chi connectivity index (χ4v) is 2.89. The lowest BCUT2D eigenvalue weighted by Gasteiger charge is -2.24. The van der Waals surface area contributed by atoms with Crippen LogP contribution in [0.4, 0.5) is 17.1 Å². The molecule has 0 saturated carbocycles. The van der Waals surface area contributed by atoms with Crippen LogP contribution >= 0.6 is 0 Å². The lowest BCUT2D eigenvalue weighted by Crippen LogP contribution is -2.39. The highest BCUT2D eigenvalue weighted by Crippen LogP contribution is 2.37. The SMILES string of the molecule is CN1C(=O)C(C)(C)COc2cc(NC(=O)c3ccccc3[N+](=O)[O-])ccc21. The fraction of sp³-hybridized carbons (Fsp3) is 0.263. The van der Waals surface area contributed by atoms with Crippen molar-refractivity contribution in [2.75, 3.05) is 23.9 Å². The number of carbonyl (C=O) groups excluding carboxylic acids is 2. The summed E-state index contributed by atoms with van der Waals surface area (Å²) in [5, 5.41) is 13.7. The van der Waals surface area contributed by atoms with E-state index < -0.39 is 16.2 Å². The number of amides is 2. The van der Waals surface area contributed by atoms with Gasteiger partial charge >= 0.3 is 0 Å². The van der Waals surface area contributed by atoms with Crippen molar-refractivity contribution in [1.29, 1.82) is 0 Å². The van der Waals surface area contributed by atoms with Crippen LogP contribution in [-0.4, -0.2) is 30.4 Å². The Balaban J connectivity index is 1.89. The van der Waals surface area contributed by atoms with E-state index in [2.05, 4.69) is 5.32 Å². The number of anilines is 2. The molecule has 2 amide bonds. The molecule has 2 aromatic rings. The first-order valence-electron chi connectivity index (χ1n) is 8.30. The van der Waals surface area contributed by atoms with E-state index in [0.29, 0.717) is 17.1 Å². The van der Waals surface area contributed by atoms with Crippen LogP contribution in [0.15, 0.2) is 42.5 Å². The minimum absolute atomic E-state index is 0.0354. The van der Waals surface area contributed by atoms with Gasteiger partial charge in [0.15, 0.2) is 0 Å². The summed E-state index contributed by atoms with van der Waals surface area (Å²) >= 11 is 0. The van der Waals surface area contributed by atoms with Gasteiger partial charge in [-0.05, 0) is 32.0 Å². The number of nitrogens with zero attached hydrogens (tertiary/aromatic N) is 2. The summed E-state index contributed by atoms with van der Waals surface area (Å²) in [5.41, 5.74) is 0.0218. The van der Waals surface area contributed by atoms with Crippen LogP contribution < -0.4 is 15.0 Å². The molecule has 140 valence electrons. The maximum atomic E-state index is 12.5. The highest BCUT2D eigenvalue weighted by Gasteiger charge is 2.36. The third kappa shape index (κ3) is 3.46. The third-order valence-electron chi connectivity index (χ3n) is 4.40. The first kappa shape index (κ1) is 18.4. The molecule has 1 aliphatic heterocycles. The molecule has 0 spiro atoms. The first-order chi connectivity index (χ1) is 12.7. The highest BCUT2D eigenvalue weighted by molar-refractivity contribution is 6.07. The van der Waals surface area contributed by atoms with E-state index in [-0.39, 0.29) is 23.8 Å². The first-order valence-corrected chi connectivity index (χ1v) is 8.30. The zero-order chi connectivity index (χ0) is 19.8. The Morgan fingerprint density at radius 1 is 1.26 bits per heavy atom. The second kappa shape index (κ2) is 6.71. The van der Waals surface area contributed by atoms with Crippen LogP contribution in [0.2, 0.25) is 0 Å². The van der Waals surface area contributed by atoms with E-state index in [1.165, 1.54) is 23.1 Å². The Kier molecular flexibility index (Phi) is 4.57. The number of benzene rings is 2. The fourth-order valence-electron chi connectivity index (χ4n) is 2.89. The zero-order valence-corrected chi connectivity index (χ0v) is 15.2. The number of nitrogens with one attached hydrogen (secondary N) is 1. The van der Waals surface area contributed by atoms with Crippen LogP contribution in [0, 0.1) is 15.5 Å². The van der Waals surface area contributed by atoms with E-state index >= 15 is 0 Å². The maximum Gasteiger partial charge on any atom is 0.282 e. The maximum absolute atomic E-state index is 12.5. The average molecular weight is 369 g/mol. The molecule has 3 rings (SSSR count). The second-order valence-corrected chi connectivity index (χ2v) is 6.95. The number of hydrogen-bond acceptors (Lipinski definition) is 5. The zero-order valence-electron chi connectivity index (χ0n) is 15.2. The van der Waals surface area contributed by atoms with Crippen LogP contribution in [0.25, 0.3) is 0 Å². The van der Waals surface area contributed by atoms with E-state index in [4.69, 9.17) is 4.74 Å². The number of ether oxygens (including phenoxy) is 1. The lowest BCUT2D eigenvalue weighted by atomic mass is 9.93. The predicted molar refractivity (Wildman–Crippen MR) is 100 cm³/mol. The number of carbonyl (C=O) groups is 2. The summed E-state index contributed by atoms with van der Waals surface area (Å²) in [6.07, 6.45) is 0. The standard InChI is InChI=1S/C19H19N3O5/c1-19(2)11-27-16-10-12(8-9-15(16)21(3)18(19)24)20-17(23)13-6-4-5-7-14(13)22(25)26/h4-10H,11H2,1-3H3,(H,20,23). The van der Waals surface area contributed by atoms with E-state index in [1.807, 2.05) is 0 Å².